The summed E-state index contributed by atoms with van der Waals surface area (Å²) in [6.07, 6.45) is 0. The van der Waals surface area contributed by atoms with E-state index >= 15 is 0 Å². The first-order valence-corrected chi connectivity index (χ1v) is 9.78. The quantitative estimate of drug-likeness (QED) is 0.622. The zero-order valence-electron chi connectivity index (χ0n) is 16.8. The number of ether oxygens (including phenoxy) is 2. The Hall–Kier alpha value is -3.12. The summed E-state index contributed by atoms with van der Waals surface area (Å²) in [5, 5.41) is 0.979. The Balaban J connectivity index is 1.84. The van der Waals surface area contributed by atoms with E-state index in [0.717, 1.165) is 48.3 Å². The van der Waals surface area contributed by atoms with Gasteiger partial charge in [-0.25, -0.2) is 9.78 Å². The fourth-order valence-electron chi connectivity index (χ4n) is 3.62. The number of carbonyl (C=O) groups excluding carboxylic acids is 1. The molecule has 150 valence electrons. The summed E-state index contributed by atoms with van der Waals surface area (Å²) in [4.78, 5) is 21.8. The van der Waals surface area contributed by atoms with Gasteiger partial charge in [-0.3, -0.25) is 0 Å². The molecule has 0 unspecified atom stereocenters. The molecule has 0 spiro atoms. The van der Waals surface area contributed by atoms with E-state index in [-0.39, 0.29) is 5.69 Å². The molecule has 1 fully saturated rings. The van der Waals surface area contributed by atoms with Crippen LogP contribution in [0.15, 0.2) is 54.6 Å². The van der Waals surface area contributed by atoms with E-state index < -0.39 is 5.97 Å². The average Bonchev–Trinajstić information content (AvgIpc) is 2.77. The van der Waals surface area contributed by atoms with Crippen LogP contribution in [0.25, 0.3) is 10.9 Å². The topological polar surface area (TPSA) is 54.9 Å². The third kappa shape index (κ3) is 4.03. The number of hydrogen-bond donors (Lipinski definition) is 0. The summed E-state index contributed by atoms with van der Waals surface area (Å²) < 4.78 is 11.3. The molecule has 2 aromatic carbocycles. The van der Waals surface area contributed by atoms with Gasteiger partial charge in [0.25, 0.3) is 0 Å². The first kappa shape index (κ1) is 19.2. The highest BCUT2D eigenvalue weighted by atomic mass is 16.5. The van der Waals surface area contributed by atoms with Crippen LogP contribution in [0.3, 0.4) is 0 Å². The van der Waals surface area contributed by atoms with Crippen molar-refractivity contribution in [2.75, 3.05) is 45.2 Å². The highest BCUT2D eigenvalue weighted by Crippen LogP contribution is 2.39. The maximum Gasteiger partial charge on any atom is 0.360 e. The van der Waals surface area contributed by atoms with E-state index in [0.29, 0.717) is 12.4 Å². The van der Waals surface area contributed by atoms with Crippen molar-refractivity contribution >= 4 is 22.6 Å². The van der Waals surface area contributed by atoms with Gasteiger partial charge in [-0.05, 0) is 18.7 Å². The molecule has 0 bridgehead atoms. The van der Waals surface area contributed by atoms with Gasteiger partial charge in [-0.2, -0.15) is 0 Å². The van der Waals surface area contributed by atoms with Crippen molar-refractivity contribution in [2.24, 2.45) is 0 Å². The largest absolute Gasteiger partial charge is 0.484 e. The lowest BCUT2D eigenvalue weighted by Crippen LogP contribution is -2.44. The second-order valence-electron chi connectivity index (χ2n) is 7.21. The molecule has 0 radical (unpaired) electrons. The van der Waals surface area contributed by atoms with Gasteiger partial charge >= 0.3 is 5.97 Å². The molecule has 29 heavy (non-hydrogen) atoms. The van der Waals surface area contributed by atoms with E-state index in [1.54, 1.807) is 0 Å². The minimum absolute atomic E-state index is 0.219. The summed E-state index contributed by atoms with van der Waals surface area (Å²) in [7, 11) is 3.49. The predicted octanol–water partition coefficient (Wildman–Crippen LogP) is 3.35. The van der Waals surface area contributed by atoms with Crippen molar-refractivity contribution in [1.82, 2.24) is 9.88 Å². The number of likely N-dealkylation sites (N-methyl/N-ethyl adjacent to an activating group) is 1. The molecule has 4 rings (SSSR count). The Bertz CT molecular complexity index is 999. The molecule has 0 amide bonds. The maximum atomic E-state index is 12.6. The van der Waals surface area contributed by atoms with Crippen LogP contribution in [0.4, 0.5) is 5.69 Å². The SMILES string of the molecule is COC(=O)c1nc2ccccc2c(N2CCN(C)CC2)c1OCc1ccccc1. The average molecular weight is 391 g/mol. The Morgan fingerprint density at radius 3 is 2.41 bits per heavy atom. The van der Waals surface area contributed by atoms with Gasteiger partial charge in [0, 0.05) is 31.6 Å². The molecule has 3 aromatic rings. The number of nitrogens with zero attached hydrogens (tertiary/aromatic N) is 3. The van der Waals surface area contributed by atoms with Crippen LogP contribution in [0.5, 0.6) is 5.75 Å². The third-order valence-electron chi connectivity index (χ3n) is 5.25. The minimum atomic E-state index is -0.491. The number of aromatic nitrogens is 1. The van der Waals surface area contributed by atoms with Gasteiger partial charge < -0.3 is 19.3 Å². The molecule has 1 aliphatic heterocycles. The normalized spacial score (nSPS) is 14.8. The molecule has 6 nitrogen and oxygen atoms in total. The van der Waals surface area contributed by atoms with Gasteiger partial charge in [0.05, 0.1) is 18.3 Å². The number of esters is 1. The molecular weight excluding hydrogens is 366 g/mol. The van der Waals surface area contributed by atoms with E-state index in [2.05, 4.69) is 21.8 Å². The number of pyridine rings is 1. The summed E-state index contributed by atoms with van der Waals surface area (Å²) in [6, 6.07) is 17.8. The fourth-order valence-corrected chi connectivity index (χ4v) is 3.62. The number of piperazine rings is 1. The van der Waals surface area contributed by atoms with Crippen LogP contribution in [0.2, 0.25) is 0 Å². The van der Waals surface area contributed by atoms with Crippen molar-refractivity contribution in [1.29, 1.82) is 0 Å². The molecule has 0 atom stereocenters. The van der Waals surface area contributed by atoms with Gasteiger partial charge in [0.1, 0.15) is 6.61 Å². The van der Waals surface area contributed by atoms with Gasteiger partial charge in [-0.15, -0.1) is 0 Å². The standard InChI is InChI=1S/C23H25N3O3/c1-25-12-14-26(15-13-25)21-18-10-6-7-11-19(18)24-20(23(27)28-2)22(21)29-16-17-8-4-3-5-9-17/h3-11H,12-16H2,1-2H3. The van der Waals surface area contributed by atoms with Crippen molar-refractivity contribution in [3.05, 3.63) is 65.9 Å². The van der Waals surface area contributed by atoms with Crippen LogP contribution in [0, 0.1) is 0 Å². The Kier molecular flexibility index (Phi) is 5.62. The second kappa shape index (κ2) is 8.49. The lowest BCUT2D eigenvalue weighted by Gasteiger charge is -2.35. The van der Waals surface area contributed by atoms with Crippen molar-refractivity contribution in [3.63, 3.8) is 0 Å². The third-order valence-corrected chi connectivity index (χ3v) is 5.25. The highest BCUT2D eigenvalue weighted by molar-refractivity contribution is 6.02. The van der Waals surface area contributed by atoms with Crippen molar-refractivity contribution < 1.29 is 14.3 Å². The zero-order valence-corrected chi connectivity index (χ0v) is 16.8. The Labute approximate surface area is 170 Å². The van der Waals surface area contributed by atoms with E-state index in [1.807, 2.05) is 54.6 Å². The van der Waals surface area contributed by atoms with Crippen LogP contribution in [-0.4, -0.2) is 56.2 Å². The first-order valence-electron chi connectivity index (χ1n) is 9.78. The number of anilines is 1. The zero-order chi connectivity index (χ0) is 20.2. The lowest BCUT2D eigenvalue weighted by molar-refractivity contribution is 0.0589. The number of benzene rings is 2. The van der Waals surface area contributed by atoms with E-state index in [9.17, 15) is 4.79 Å². The summed E-state index contributed by atoms with van der Waals surface area (Å²) >= 11 is 0. The number of para-hydroxylation sites is 1. The lowest BCUT2D eigenvalue weighted by atomic mass is 10.1. The smallest absolute Gasteiger partial charge is 0.360 e. The number of hydrogen-bond acceptors (Lipinski definition) is 6. The number of methoxy groups -OCH3 is 1. The number of rotatable bonds is 5. The summed E-state index contributed by atoms with van der Waals surface area (Å²) in [5.74, 6) is -0.00171. The van der Waals surface area contributed by atoms with Crippen LogP contribution in [0.1, 0.15) is 16.1 Å². The molecule has 6 heteroatoms. The van der Waals surface area contributed by atoms with Crippen molar-refractivity contribution in [3.8, 4) is 5.75 Å². The molecule has 0 aliphatic carbocycles. The van der Waals surface area contributed by atoms with Crippen molar-refractivity contribution in [2.45, 2.75) is 6.61 Å². The van der Waals surface area contributed by atoms with Gasteiger partial charge in [0.15, 0.2) is 11.4 Å². The molecule has 0 N–H and O–H groups in total. The monoisotopic (exact) mass is 391 g/mol. The molecule has 0 saturated carbocycles. The first-order chi connectivity index (χ1) is 14.2. The minimum Gasteiger partial charge on any atom is -0.484 e. The van der Waals surface area contributed by atoms with E-state index in [1.165, 1.54) is 7.11 Å². The molecule has 1 aliphatic rings. The van der Waals surface area contributed by atoms with Gasteiger partial charge in [0.2, 0.25) is 0 Å². The van der Waals surface area contributed by atoms with E-state index in [4.69, 9.17) is 9.47 Å². The summed E-state index contributed by atoms with van der Waals surface area (Å²) in [6.45, 7) is 3.95. The Morgan fingerprint density at radius 2 is 1.69 bits per heavy atom. The van der Waals surface area contributed by atoms with Gasteiger partial charge in [-0.1, -0.05) is 48.5 Å². The molecule has 1 aromatic heterocycles. The predicted molar refractivity (Wildman–Crippen MR) is 114 cm³/mol. The Morgan fingerprint density at radius 1 is 1.00 bits per heavy atom. The summed E-state index contributed by atoms with van der Waals surface area (Å²) in [5.41, 5.74) is 2.92. The molecule has 1 saturated heterocycles. The highest BCUT2D eigenvalue weighted by Gasteiger charge is 2.27. The molecule has 2 heterocycles. The van der Waals surface area contributed by atoms with Crippen LogP contribution in [-0.2, 0) is 11.3 Å². The second-order valence-corrected chi connectivity index (χ2v) is 7.21. The van der Waals surface area contributed by atoms with Crippen LogP contribution < -0.4 is 9.64 Å². The number of carbonyl (C=O) groups is 1. The van der Waals surface area contributed by atoms with Crippen LogP contribution >= 0.6 is 0 Å². The maximum absolute atomic E-state index is 12.6. The number of fused-ring (bicyclic) bond motifs is 1. The molecular formula is C23H25N3O3. The fraction of sp³-hybridized carbons (Fsp3) is 0.304.